The number of carboxylic acid groups (broad SMARTS) is 1. The summed E-state index contributed by atoms with van der Waals surface area (Å²) < 4.78 is 0. The molecule has 2 unspecified atom stereocenters. The second-order valence-electron chi connectivity index (χ2n) is 6.12. The maximum Gasteiger partial charge on any atom is 0.306 e. The zero-order chi connectivity index (χ0) is 14.8. The lowest BCUT2D eigenvalue weighted by molar-refractivity contribution is -0.141. The lowest BCUT2D eigenvalue weighted by Crippen LogP contribution is -2.39. The van der Waals surface area contributed by atoms with Crippen LogP contribution in [0.2, 0.25) is 0 Å². The van der Waals surface area contributed by atoms with Gasteiger partial charge in [0.15, 0.2) is 0 Å². The fourth-order valence-electron chi connectivity index (χ4n) is 2.65. The number of hydrogen-bond donors (Lipinski definition) is 2. The van der Waals surface area contributed by atoms with Crippen molar-refractivity contribution in [2.24, 2.45) is 11.8 Å². The van der Waals surface area contributed by atoms with Crippen LogP contribution in [0, 0.1) is 11.8 Å². The highest BCUT2D eigenvalue weighted by molar-refractivity contribution is 7.10. The third-order valence-electron chi connectivity index (χ3n) is 4.05. The zero-order valence-electron chi connectivity index (χ0n) is 11.9. The third kappa shape index (κ3) is 3.39. The number of hydrogen-bond acceptors (Lipinski definition) is 3. The first kappa shape index (κ1) is 15.0. The van der Waals surface area contributed by atoms with Crippen molar-refractivity contribution in [1.29, 1.82) is 0 Å². The van der Waals surface area contributed by atoms with Crippen molar-refractivity contribution in [2.45, 2.75) is 38.5 Å². The maximum absolute atomic E-state index is 12.1. The van der Waals surface area contributed by atoms with E-state index in [-0.39, 0.29) is 23.2 Å². The number of carbonyl (C=O) groups is 2. The van der Waals surface area contributed by atoms with Crippen molar-refractivity contribution >= 4 is 23.2 Å². The van der Waals surface area contributed by atoms with Crippen LogP contribution in [0.4, 0.5) is 0 Å². The number of carbonyl (C=O) groups excluding carboxylic acids is 1. The normalized spacial score (nSPS) is 22.7. The number of nitrogens with one attached hydrogen (secondary N) is 1. The summed E-state index contributed by atoms with van der Waals surface area (Å²) in [5.41, 5.74) is -0.0887. The number of rotatable bonds is 5. The second-order valence-corrected chi connectivity index (χ2v) is 7.07. The van der Waals surface area contributed by atoms with Crippen molar-refractivity contribution in [3.05, 3.63) is 22.4 Å². The van der Waals surface area contributed by atoms with E-state index in [1.165, 1.54) is 4.88 Å². The molecule has 1 fully saturated rings. The van der Waals surface area contributed by atoms with Crippen LogP contribution in [0.15, 0.2) is 17.5 Å². The summed E-state index contributed by atoms with van der Waals surface area (Å²) in [7, 11) is 0. The van der Waals surface area contributed by atoms with Gasteiger partial charge < -0.3 is 10.4 Å². The highest BCUT2D eigenvalue weighted by Crippen LogP contribution is 2.32. The molecular formula is C15H21NO3S. The molecule has 110 valence electrons. The molecule has 1 saturated carbocycles. The monoisotopic (exact) mass is 295 g/mol. The van der Waals surface area contributed by atoms with Crippen LogP contribution in [0.5, 0.6) is 0 Å². The average Bonchev–Trinajstić information content (AvgIpc) is 3.06. The second kappa shape index (κ2) is 5.95. The first-order valence-electron chi connectivity index (χ1n) is 6.94. The largest absolute Gasteiger partial charge is 0.481 e. The van der Waals surface area contributed by atoms with Crippen molar-refractivity contribution < 1.29 is 14.7 Å². The van der Waals surface area contributed by atoms with Crippen LogP contribution < -0.4 is 5.32 Å². The molecule has 1 aromatic heterocycles. The molecule has 2 N–H and O–H groups in total. The average molecular weight is 295 g/mol. The Bertz CT molecular complexity index is 481. The molecule has 1 heterocycles. The number of amides is 1. The molecule has 0 aliphatic heterocycles. The summed E-state index contributed by atoms with van der Waals surface area (Å²) in [6, 6.07) is 4.09. The van der Waals surface area contributed by atoms with Crippen molar-refractivity contribution in [3.63, 3.8) is 0 Å². The molecule has 5 heteroatoms. The molecule has 1 aromatic rings. The Morgan fingerprint density at radius 1 is 1.40 bits per heavy atom. The van der Waals surface area contributed by atoms with Crippen molar-refractivity contribution in [2.75, 3.05) is 6.54 Å². The van der Waals surface area contributed by atoms with Crippen LogP contribution in [0.25, 0.3) is 0 Å². The molecule has 1 amide bonds. The van der Waals surface area contributed by atoms with E-state index in [2.05, 4.69) is 25.2 Å². The van der Waals surface area contributed by atoms with Gasteiger partial charge in [-0.15, -0.1) is 11.3 Å². The maximum atomic E-state index is 12.1. The van der Waals surface area contributed by atoms with Gasteiger partial charge in [0.2, 0.25) is 5.91 Å². The molecule has 0 aromatic carbocycles. The summed E-state index contributed by atoms with van der Waals surface area (Å²) in [4.78, 5) is 24.3. The first-order valence-corrected chi connectivity index (χ1v) is 7.82. The lowest BCUT2D eigenvalue weighted by atomic mass is 9.91. The topological polar surface area (TPSA) is 66.4 Å². The van der Waals surface area contributed by atoms with E-state index in [0.717, 1.165) is 0 Å². The summed E-state index contributed by atoms with van der Waals surface area (Å²) >= 11 is 1.69. The fourth-order valence-corrected chi connectivity index (χ4v) is 3.50. The van der Waals surface area contributed by atoms with Gasteiger partial charge >= 0.3 is 5.97 Å². The van der Waals surface area contributed by atoms with Gasteiger partial charge in [-0.3, -0.25) is 9.59 Å². The Labute approximate surface area is 123 Å². The fraction of sp³-hybridized carbons (Fsp3) is 0.600. The van der Waals surface area contributed by atoms with E-state index in [1.807, 2.05) is 11.4 Å². The van der Waals surface area contributed by atoms with Crippen LogP contribution in [-0.4, -0.2) is 23.5 Å². The van der Waals surface area contributed by atoms with E-state index in [4.69, 9.17) is 5.11 Å². The SMILES string of the molecule is CC(C)(CNC(=O)C1CCC(C(=O)O)C1)c1cccs1. The predicted octanol–water partition coefficient (Wildman–Crippen LogP) is 2.64. The van der Waals surface area contributed by atoms with Gasteiger partial charge in [0.05, 0.1) is 5.92 Å². The van der Waals surface area contributed by atoms with E-state index in [0.29, 0.717) is 25.8 Å². The van der Waals surface area contributed by atoms with Crippen molar-refractivity contribution in [1.82, 2.24) is 5.32 Å². The molecule has 2 atom stereocenters. The van der Waals surface area contributed by atoms with Crippen molar-refractivity contribution in [3.8, 4) is 0 Å². The number of thiophene rings is 1. The van der Waals surface area contributed by atoms with E-state index in [9.17, 15) is 9.59 Å². The van der Waals surface area contributed by atoms with Crippen LogP contribution in [0.1, 0.15) is 38.0 Å². The predicted molar refractivity (Wildman–Crippen MR) is 78.8 cm³/mol. The lowest BCUT2D eigenvalue weighted by Gasteiger charge is -2.24. The molecule has 0 bridgehead atoms. The molecular weight excluding hydrogens is 274 g/mol. The molecule has 0 saturated heterocycles. The molecule has 2 rings (SSSR count). The summed E-state index contributed by atoms with van der Waals surface area (Å²) in [6.45, 7) is 4.79. The smallest absolute Gasteiger partial charge is 0.306 e. The summed E-state index contributed by atoms with van der Waals surface area (Å²) in [5, 5.41) is 14.0. The van der Waals surface area contributed by atoms with Gasteiger partial charge in [-0.1, -0.05) is 19.9 Å². The van der Waals surface area contributed by atoms with Crippen LogP contribution in [0.3, 0.4) is 0 Å². The van der Waals surface area contributed by atoms with E-state index in [1.54, 1.807) is 11.3 Å². The summed E-state index contributed by atoms with van der Waals surface area (Å²) in [6.07, 6.45) is 1.77. The standard InChI is InChI=1S/C15H21NO3S/c1-15(2,12-4-3-7-20-12)9-16-13(17)10-5-6-11(8-10)14(18)19/h3-4,7,10-11H,5-6,8-9H2,1-2H3,(H,16,17)(H,18,19). The zero-order valence-corrected chi connectivity index (χ0v) is 12.7. The Hall–Kier alpha value is -1.36. The van der Waals surface area contributed by atoms with Gasteiger partial charge in [-0.25, -0.2) is 0 Å². The molecule has 20 heavy (non-hydrogen) atoms. The first-order chi connectivity index (χ1) is 9.40. The van der Waals surface area contributed by atoms with Gasteiger partial charge in [-0.2, -0.15) is 0 Å². The van der Waals surface area contributed by atoms with E-state index >= 15 is 0 Å². The van der Waals surface area contributed by atoms with Gasteiger partial charge in [0.25, 0.3) is 0 Å². The number of carboxylic acids is 1. The Morgan fingerprint density at radius 3 is 2.65 bits per heavy atom. The Morgan fingerprint density at radius 2 is 2.10 bits per heavy atom. The minimum atomic E-state index is -0.779. The Balaban J connectivity index is 1.85. The minimum absolute atomic E-state index is 0.00150. The van der Waals surface area contributed by atoms with Crippen LogP contribution in [-0.2, 0) is 15.0 Å². The quantitative estimate of drug-likeness (QED) is 0.877. The van der Waals surface area contributed by atoms with Crippen LogP contribution >= 0.6 is 11.3 Å². The summed E-state index contributed by atoms with van der Waals surface area (Å²) in [5.74, 6) is -1.27. The molecule has 0 spiro atoms. The molecule has 1 aliphatic carbocycles. The van der Waals surface area contributed by atoms with Gasteiger partial charge in [-0.05, 0) is 30.7 Å². The molecule has 1 aliphatic rings. The Kier molecular flexibility index (Phi) is 4.48. The van der Waals surface area contributed by atoms with E-state index < -0.39 is 5.97 Å². The highest BCUT2D eigenvalue weighted by atomic mass is 32.1. The molecule has 4 nitrogen and oxygen atoms in total. The number of aliphatic carboxylic acids is 1. The minimum Gasteiger partial charge on any atom is -0.481 e. The third-order valence-corrected chi connectivity index (χ3v) is 5.28. The van der Waals surface area contributed by atoms with Gasteiger partial charge in [0.1, 0.15) is 0 Å². The molecule has 0 radical (unpaired) electrons. The van der Waals surface area contributed by atoms with Gasteiger partial charge in [0, 0.05) is 22.8 Å². The highest BCUT2D eigenvalue weighted by Gasteiger charge is 2.34.